The molecule has 0 saturated heterocycles. The van der Waals surface area contributed by atoms with Gasteiger partial charge in [-0.2, -0.15) is 0 Å². The van der Waals surface area contributed by atoms with Gasteiger partial charge >= 0.3 is 0 Å². The third-order valence-electron chi connectivity index (χ3n) is 5.58. The highest BCUT2D eigenvalue weighted by molar-refractivity contribution is 6.30. The minimum Gasteiger partial charge on any atom is -0.295 e. The Labute approximate surface area is 175 Å². The molecule has 1 aliphatic rings. The van der Waals surface area contributed by atoms with Gasteiger partial charge in [0.15, 0.2) is 5.78 Å². The smallest absolute Gasteiger partial charge is 0.278 e. The van der Waals surface area contributed by atoms with Crippen LogP contribution in [0.1, 0.15) is 46.5 Å². The number of aromatic nitrogens is 2. The van der Waals surface area contributed by atoms with Crippen molar-refractivity contribution >= 4 is 17.6 Å². The Kier molecular flexibility index (Phi) is 4.90. The summed E-state index contributed by atoms with van der Waals surface area (Å²) in [6.07, 6.45) is 1.69. The molecule has 1 atom stereocenters. The lowest BCUT2D eigenvalue weighted by molar-refractivity contribution is -0.115. The second kappa shape index (κ2) is 7.41. The monoisotopic (exact) mass is 399 g/mol. The fourth-order valence-electron chi connectivity index (χ4n) is 3.99. The van der Waals surface area contributed by atoms with Gasteiger partial charge in [-0.25, -0.2) is 4.68 Å². The normalized spacial score (nSPS) is 17.6. The Bertz CT molecular complexity index is 1290. The molecule has 5 nitrogen and oxygen atoms in total. The molecule has 2 aromatic carbocycles. The highest BCUT2D eigenvalue weighted by atomic mass is 16.1. The second-order valence-electron chi connectivity index (χ2n) is 8.03. The number of nitrogens with one attached hydrogen (secondary N) is 1. The number of Topliss-reactive ketones (excluding diaryl/α,β-unsaturated/α-hetero) is 1. The van der Waals surface area contributed by atoms with Gasteiger partial charge in [0, 0.05) is 17.0 Å². The second-order valence-corrected chi connectivity index (χ2v) is 8.03. The zero-order valence-electron chi connectivity index (χ0n) is 17.9. The summed E-state index contributed by atoms with van der Waals surface area (Å²) >= 11 is 0. The van der Waals surface area contributed by atoms with Crippen LogP contribution in [0.25, 0.3) is 11.8 Å². The molecule has 1 aromatic heterocycles. The summed E-state index contributed by atoms with van der Waals surface area (Å²) in [5.41, 5.74) is 7.09. The van der Waals surface area contributed by atoms with Crippen LogP contribution in [0.15, 0.2) is 57.8 Å². The fourth-order valence-corrected chi connectivity index (χ4v) is 3.99. The molecule has 1 aliphatic heterocycles. The van der Waals surface area contributed by atoms with E-state index in [1.165, 1.54) is 0 Å². The van der Waals surface area contributed by atoms with Crippen molar-refractivity contribution in [2.45, 2.75) is 40.7 Å². The Balaban J connectivity index is 1.76. The maximum atomic E-state index is 13.2. The summed E-state index contributed by atoms with van der Waals surface area (Å²) in [5, 5.41) is 3.15. The van der Waals surface area contributed by atoms with E-state index >= 15 is 0 Å². The number of aryl methyl sites for hydroxylation is 4. The van der Waals surface area contributed by atoms with Crippen LogP contribution in [0.3, 0.4) is 0 Å². The number of H-pyrrole nitrogens is 1. The van der Waals surface area contributed by atoms with Gasteiger partial charge in [-0.1, -0.05) is 47.5 Å². The number of rotatable bonds is 3. The molecular weight excluding hydrogens is 374 g/mol. The van der Waals surface area contributed by atoms with Crippen molar-refractivity contribution < 1.29 is 4.79 Å². The van der Waals surface area contributed by atoms with Gasteiger partial charge < -0.3 is 0 Å². The minimum absolute atomic E-state index is 0.0730. The largest absolute Gasteiger partial charge is 0.295 e. The van der Waals surface area contributed by atoms with Gasteiger partial charge in [0.2, 0.25) is 0 Å². The summed E-state index contributed by atoms with van der Waals surface area (Å²) in [7, 11) is 0. The number of hydrogen-bond acceptors (Lipinski definition) is 3. The van der Waals surface area contributed by atoms with Crippen LogP contribution in [-0.2, 0) is 4.79 Å². The van der Waals surface area contributed by atoms with Crippen molar-refractivity contribution in [2.75, 3.05) is 0 Å². The van der Waals surface area contributed by atoms with Crippen LogP contribution in [-0.4, -0.2) is 21.3 Å². The number of ketones is 1. The third kappa shape index (κ3) is 3.36. The molecule has 4 rings (SSSR count). The van der Waals surface area contributed by atoms with E-state index in [1.807, 2.05) is 77.1 Å². The van der Waals surface area contributed by atoms with Crippen molar-refractivity contribution in [1.29, 1.82) is 0 Å². The number of hydrogen-bond donors (Lipinski definition) is 1. The van der Waals surface area contributed by atoms with Crippen LogP contribution in [0.4, 0.5) is 0 Å². The van der Waals surface area contributed by atoms with E-state index in [0.29, 0.717) is 22.5 Å². The number of carbonyl (C=O) groups is 1. The van der Waals surface area contributed by atoms with E-state index in [0.717, 1.165) is 27.9 Å². The molecule has 30 heavy (non-hydrogen) atoms. The summed E-state index contributed by atoms with van der Waals surface area (Å²) in [6.45, 7) is 9.66. The fraction of sp³-hybridized carbons (Fsp3) is 0.240. The summed E-state index contributed by atoms with van der Waals surface area (Å²) in [6, 6.07) is 13.2. The molecule has 0 fully saturated rings. The first-order valence-electron chi connectivity index (χ1n) is 10.0. The lowest BCUT2D eigenvalue weighted by atomic mass is 9.97. The van der Waals surface area contributed by atoms with Crippen molar-refractivity contribution in [3.05, 3.63) is 91.9 Å². The van der Waals surface area contributed by atoms with Crippen LogP contribution < -0.4 is 5.56 Å². The number of benzene rings is 2. The molecule has 1 unspecified atom stereocenters. The van der Waals surface area contributed by atoms with Crippen LogP contribution in [0, 0.1) is 27.7 Å². The first kappa shape index (κ1) is 19.8. The molecule has 2 heterocycles. The van der Waals surface area contributed by atoms with Gasteiger partial charge in [-0.3, -0.25) is 19.7 Å². The molecule has 0 bridgehead atoms. The maximum absolute atomic E-state index is 13.2. The molecule has 152 valence electrons. The Morgan fingerprint density at radius 3 is 2.40 bits per heavy atom. The van der Waals surface area contributed by atoms with E-state index in [1.54, 1.807) is 10.8 Å². The lowest BCUT2D eigenvalue weighted by Gasteiger charge is -2.07. The van der Waals surface area contributed by atoms with Gasteiger partial charge in [-0.15, -0.1) is 0 Å². The SMILES string of the molecule is CC1=NC(c2cccc(C)c2)C(=O)C1=Cc1c(C)[nH]n(-c2ccc(C)cc2C)c1=O. The Hall–Kier alpha value is -3.47. The molecule has 0 aliphatic carbocycles. The van der Waals surface area contributed by atoms with Crippen LogP contribution in [0.5, 0.6) is 0 Å². The summed E-state index contributed by atoms with van der Waals surface area (Å²) in [5.74, 6) is -0.0730. The average molecular weight is 399 g/mol. The minimum atomic E-state index is -0.544. The molecule has 0 amide bonds. The molecule has 5 heteroatoms. The quantitative estimate of drug-likeness (QED) is 0.656. The van der Waals surface area contributed by atoms with E-state index in [-0.39, 0.29) is 11.3 Å². The van der Waals surface area contributed by atoms with Crippen molar-refractivity contribution in [3.63, 3.8) is 0 Å². The molecule has 0 spiro atoms. The van der Waals surface area contributed by atoms with E-state index < -0.39 is 6.04 Å². The topological polar surface area (TPSA) is 67.2 Å². The predicted octanol–water partition coefficient (Wildman–Crippen LogP) is 4.57. The zero-order chi connectivity index (χ0) is 21.6. The number of carbonyl (C=O) groups excluding carboxylic acids is 1. The van der Waals surface area contributed by atoms with E-state index in [9.17, 15) is 9.59 Å². The Morgan fingerprint density at radius 1 is 0.967 bits per heavy atom. The summed E-state index contributed by atoms with van der Waals surface area (Å²) < 4.78 is 1.54. The van der Waals surface area contributed by atoms with E-state index in [4.69, 9.17) is 0 Å². The summed E-state index contributed by atoms with van der Waals surface area (Å²) in [4.78, 5) is 30.9. The molecular formula is C25H25N3O2. The standard InChI is InChI=1S/C25H25N3O2/c1-14-7-6-8-19(12-14)23-24(29)20(17(4)26-23)13-21-18(5)27-28(25(21)30)22-10-9-15(2)11-16(22)3/h6-13,23,27H,1-5H3. The van der Waals surface area contributed by atoms with Crippen LogP contribution >= 0.6 is 0 Å². The highest BCUT2D eigenvalue weighted by Gasteiger charge is 2.31. The zero-order valence-corrected chi connectivity index (χ0v) is 17.9. The predicted molar refractivity (Wildman–Crippen MR) is 121 cm³/mol. The van der Waals surface area contributed by atoms with Crippen molar-refractivity contribution in [2.24, 2.45) is 4.99 Å². The van der Waals surface area contributed by atoms with Gasteiger partial charge in [-0.05, 0) is 57.9 Å². The van der Waals surface area contributed by atoms with Crippen LogP contribution in [0.2, 0.25) is 0 Å². The first-order valence-corrected chi connectivity index (χ1v) is 10.0. The number of aromatic amines is 1. The maximum Gasteiger partial charge on any atom is 0.278 e. The van der Waals surface area contributed by atoms with Gasteiger partial charge in [0.05, 0.1) is 11.3 Å². The van der Waals surface area contributed by atoms with E-state index in [2.05, 4.69) is 10.1 Å². The van der Waals surface area contributed by atoms with Crippen molar-refractivity contribution in [3.8, 4) is 5.69 Å². The lowest BCUT2D eigenvalue weighted by Crippen LogP contribution is -2.17. The molecule has 1 N–H and O–H groups in total. The first-order chi connectivity index (χ1) is 14.3. The number of aliphatic imine (C=N–C) groups is 1. The average Bonchev–Trinajstić information content (AvgIpc) is 3.13. The van der Waals surface area contributed by atoms with Gasteiger partial charge in [0.25, 0.3) is 5.56 Å². The van der Waals surface area contributed by atoms with Gasteiger partial charge in [0.1, 0.15) is 6.04 Å². The molecule has 3 aromatic rings. The Morgan fingerprint density at radius 2 is 1.70 bits per heavy atom. The highest BCUT2D eigenvalue weighted by Crippen LogP contribution is 2.30. The molecule has 0 radical (unpaired) electrons. The van der Waals surface area contributed by atoms with Crippen molar-refractivity contribution in [1.82, 2.24) is 9.78 Å². The molecule has 0 saturated carbocycles. The third-order valence-corrected chi connectivity index (χ3v) is 5.58. The number of nitrogens with zero attached hydrogens (tertiary/aromatic N) is 2.